The van der Waals surface area contributed by atoms with Crippen molar-refractivity contribution in [3.8, 4) is 0 Å². The van der Waals surface area contributed by atoms with Gasteiger partial charge in [0.1, 0.15) is 11.3 Å². The Morgan fingerprint density at radius 1 is 1.29 bits per heavy atom. The fourth-order valence-electron chi connectivity index (χ4n) is 2.69. The molecule has 5 nitrogen and oxygen atoms in total. The lowest BCUT2D eigenvalue weighted by molar-refractivity contribution is 0.0383. The Bertz CT molecular complexity index is 629. The van der Waals surface area contributed by atoms with Crippen LogP contribution in [0.4, 0.5) is 0 Å². The molecule has 0 aliphatic carbocycles. The molecule has 1 aromatic heterocycles. The molecule has 5 heteroatoms. The minimum atomic E-state index is -0.0642. The van der Waals surface area contributed by atoms with Gasteiger partial charge >= 0.3 is 0 Å². The highest BCUT2D eigenvalue weighted by atomic mass is 16.5. The molecular weight excluding hydrogens is 268 g/mol. The number of furan rings is 1. The van der Waals surface area contributed by atoms with Crippen LogP contribution in [0.1, 0.15) is 16.1 Å². The van der Waals surface area contributed by atoms with Gasteiger partial charge in [-0.05, 0) is 13.0 Å². The van der Waals surface area contributed by atoms with Crippen molar-refractivity contribution in [3.05, 3.63) is 35.6 Å². The fraction of sp³-hybridized carbons (Fsp3) is 0.438. The third-order valence-corrected chi connectivity index (χ3v) is 3.82. The second-order valence-electron chi connectivity index (χ2n) is 5.24. The van der Waals surface area contributed by atoms with Gasteiger partial charge in [0.15, 0.2) is 0 Å². The van der Waals surface area contributed by atoms with Crippen molar-refractivity contribution in [1.82, 2.24) is 10.2 Å². The van der Waals surface area contributed by atoms with Gasteiger partial charge in [-0.15, -0.1) is 0 Å². The summed E-state index contributed by atoms with van der Waals surface area (Å²) in [5.74, 6) is 0.603. The van der Waals surface area contributed by atoms with Crippen LogP contribution in [0.15, 0.2) is 28.7 Å². The number of ether oxygens (including phenoxy) is 1. The molecule has 1 fully saturated rings. The molecular formula is C16H20N2O3. The van der Waals surface area contributed by atoms with E-state index in [2.05, 4.69) is 10.2 Å². The quantitative estimate of drug-likeness (QED) is 0.932. The fourth-order valence-corrected chi connectivity index (χ4v) is 2.69. The summed E-state index contributed by atoms with van der Waals surface area (Å²) >= 11 is 0. The molecule has 1 N–H and O–H groups in total. The molecule has 2 heterocycles. The molecule has 112 valence electrons. The number of carbonyl (C=O) groups is 1. The van der Waals surface area contributed by atoms with E-state index in [1.165, 1.54) is 0 Å². The molecule has 1 amide bonds. The lowest BCUT2D eigenvalue weighted by Gasteiger charge is -2.26. The number of nitrogens with zero attached hydrogens (tertiary/aromatic N) is 1. The summed E-state index contributed by atoms with van der Waals surface area (Å²) in [4.78, 5) is 14.7. The zero-order chi connectivity index (χ0) is 14.7. The Morgan fingerprint density at radius 3 is 2.86 bits per heavy atom. The first-order chi connectivity index (χ1) is 10.3. The number of para-hydroxylation sites is 1. The maximum Gasteiger partial charge on any atom is 0.255 e. The van der Waals surface area contributed by atoms with E-state index in [1.54, 1.807) is 0 Å². The van der Waals surface area contributed by atoms with Gasteiger partial charge < -0.3 is 14.5 Å². The van der Waals surface area contributed by atoms with Gasteiger partial charge in [0.05, 0.1) is 18.8 Å². The number of amides is 1. The number of morpholine rings is 1. The van der Waals surface area contributed by atoms with Crippen LogP contribution in [0, 0.1) is 6.92 Å². The topological polar surface area (TPSA) is 54.7 Å². The smallest absolute Gasteiger partial charge is 0.255 e. The lowest BCUT2D eigenvalue weighted by Crippen LogP contribution is -2.41. The van der Waals surface area contributed by atoms with Crippen LogP contribution in [-0.2, 0) is 4.74 Å². The van der Waals surface area contributed by atoms with Crippen molar-refractivity contribution < 1.29 is 13.9 Å². The third-order valence-electron chi connectivity index (χ3n) is 3.82. The van der Waals surface area contributed by atoms with Gasteiger partial charge in [-0.2, -0.15) is 0 Å². The van der Waals surface area contributed by atoms with Gasteiger partial charge in [-0.1, -0.05) is 18.2 Å². The summed E-state index contributed by atoms with van der Waals surface area (Å²) in [6, 6.07) is 7.63. The zero-order valence-corrected chi connectivity index (χ0v) is 12.2. The van der Waals surface area contributed by atoms with Crippen molar-refractivity contribution in [2.24, 2.45) is 0 Å². The summed E-state index contributed by atoms with van der Waals surface area (Å²) in [6.07, 6.45) is 0. The molecule has 1 aliphatic rings. The number of nitrogens with one attached hydrogen (secondary N) is 1. The SMILES string of the molecule is Cc1oc2ccccc2c1C(=O)NCCN1CCOCC1. The van der Waals surface area contributed by atoms with E-state index in [9.17, 15) is 4.79 Å². The van der Waals surface area contributed by atoms with Gasteiger partial charge in [0.25, 0.3) is 5.91 Å². The van der Waals surface area contributed by atoms with Crippen LogP contribution in [0.5, 0.6) is 0 Å². The first kappa shape index (κ1) is 14.1. The van der Waals surface area contributed by atoms with Crippen LogP contribution in [0.3, 0.4) is 0 Å². The van der Waals surface area contributed by atoms with Gasteiger partial charge in [-0.3, -0.25) is 9.69 Å². The maximum absolute atomic E-state index is 12.4. The summed E-state index contributed by atoms with van der Waals surface area (Å²) < 4.78 is 10.9. The van der Waals surface area contributed by atoms with Crippen molar-refractivity contribution in [2.45, 2.75) is 6.92 Å². The summed E-state index contributed by atoms with van der Waals surface area (Å²) in [7, 11) is 0. The maximum atomic E-state index is 12.4. The van der Waals surface area contributed by atoms with Crippen molar-refractivity contribution in [3.63, 3.8) is 0 Å². The summed E-state index contributed by atoms with van der Waals surface area (Å²) in [5.41, 5.74) is 1.40. The number of hydrogen-bond donors (Lipinski definition) is 1. The Hall–Kier alpha value is -1.85. The first-order valence-corrected chi connectivity index (χ1v) is 7.32. The predicted octanol–water partition coefficient (Wildman–Crippen LogP) is 1.80. The van der Waals surface area contributed by atoms with Crippen molar-refractivity contribution in [2.75, 3.05) is 39.4 Å². The van der Waals surface area contributed by atoms with Crippen molar-refractivity contribution >= 4 is 16.9 Å². The Labute approximate surface area is 123 Å². The Kier molecular flexibility index (Phi) is 4.22. The molecule has 1 saturated heterocycles. The molecule has 3 rings (SSSR count). The standard InChI is InChI=1S/C16H20N2O3/c1-12-15(13-4-2-3-5-14(13)21-12)16(19)17-6-7-18-8-10-20-11-9-18/h2-5H,6-11H2,1H3,(H,17,19). The predicted molar refractivity (Wildman–Crippen MR) is 80.5 cm³/mol. The lowest BCUT2D eigenvalue weighted by atomic mass is 10.1. The molecule has 1 aliphatic heterocycles. The van der Waals surface area contributed by atoms with Gasteiger partial charge in [0, 0.05) is 31.6 Å². The van der Waals surface area contributed by atoms with E-state index in [-0.39, 0.29) is 5.91 Å². The van der Waals surface area contributed by atoms with Gasteiger partial charge in [-0.25, -0.2) is 0 Å². The van der Waals surface area contributed by atoms with Crippen LogP contribution < -0.4 is 5.32 Å². The number of aryl methyl sites for hydroxylation is 1. The third kappa shape index (κ3) is 3.09. The van der Waals surface area contributed by atoms with E-state index < -0.39 is 0 Å². The van der Waals surface area contributed by atoms with E-state index in [0.717, 1.165) is 43.8 Å². The van der Waals surface area contributed by atoms with Crippen LogP contribution >= 0.6 is 0 Å². The second-order valence-corrected chi connectivity index (χ2v) is 5.24. The average Bonchev–Trinajstić information content (AvgIpc) is 2.84. The molecule has 0 spiro atoms. The van der Waals surface area contributed by atoms with Crippen LogP contribution in [-0.4, -0.2) is 50.2 Å². The number of carbonyl (C=O) groups excluding carboxylic acids is 1. The largest absolute Gasteiger partial charge is 0.461 e. The number of hydrogen-bond acceptors (Lipinski definition) is 4. The highest BCUT2D eigenvalue weighted by molar-refractivity contribution is 6.07. The molecule has 0 saturated carbocycles. The monoisotopic (exact) mass is 288 g/mol. The highest BCUT2D eigenvalue weighted by Gasteiger charge is 2.18. The summed E-state index contributed by atoms with van der Waals surface area (Å²) in [5, 5.41) is 3.86. The molecule has 0 radical (unpaired) electrons. The van der Waals surface area contributed by atoms with Crippen LogP contribution in [0.25, 0.3) is 11.0 Å². The van der Waals surface area contributed by atoms with E-state index in [0.29, 0.717) is 17.9 Å². The zero-order valence-electron chi connectivity index (χ0n) is 12.2. The molecule has 0 unspecified atom stereocenters. The van der Waals surface area contributed by atoms with Gasteiger partial charge in [0.2, 0.25) is 0 Å². The average molecular weight is 288 g/mol. The summed E-state index contributed by atoms with van der Waals surface area (Å²) in [6.45, 7) is 6.74. The first-order valence-electron chi connectivity index (χ1n) is 7.32. The Morgan fingerprint density at radius 2 is 2.05 bits per heavy atom. The second kappa shape index (κ2) is 6.28. The van der Waals surface area contributed by atoms with Crippen molar-refractivity contribution in [1.29, 1.82) is 0 Å². The normalized spacial score (nSPS) is 16.2. The molecule has 1 aromatic carbocycles. The molecule has 2 aromatic rings. The number of benzene rings is 1. The van der Waals surface area contributed by atoms with E-state index in [4.69, 9.17) is 9.15 Å². The number of rotatable bonds is 4. The van der Waals surface area contributed by atoms with Crippen LogP contribution in [0.2, 0.25) is 0 Å². The minimum Gasteiger partial charge on any atom is -0.461 e. The molecule has 21 heavy (non-hydrogen) atoms. The highest BCUT2D eigenvalue weighted by Crippen LogP contribution is 2.24. The molecule has 0 atom stereocenters. The minimum absolute atomic E-state index is 0.0642. The Balaban J connectivity index is 1.62. The number of fused-ring (bicyclic) bond motifs is 1. The van der Waals surface area contributed by atoms with E-state index in [1.807, 2.05) is 31.2 Å². The molecule has 0 bridgehead atoms. The van der Waals surface area contributed by atoms with E-state index >= 15 is 0 Å².